The summed E-state index contributed by atoms with van der Waals surface area (Å²) in [5.74, 6) is 0.379. The predicted molar refractivity (Wildman–Crippen MR) is 67.3 cm³/mol. The molecule has 19 heavy (non-hydrogen) atoms. The SMILES string of the molecule is CCC(CC)(C(=O)NCc1nc(C)no1)C(N)=NO. The highest BCUT2D eigenvalue weighted by Crippen LogP contribution is 2.27. The summed E-state index contributed by atoms with van der Waals surface area (Å²) in [6, 6.07) is 0. The van der Waals surface area contributed by atoms with Crippen molar-refractivity contribution in [1.82, 2.24) is 15.5 Å². The number of rotatable bonds is 6. The predicted octanol–water partition coefficient (Wildman–Crippen LogP) is 0.547. The van der Waals surface area contributed by atoms with Crippen LogP contribution in [0, 0.1) is 12.3 Å². The van der Waals surface area contributed by atoms with Crippen LogP contribution in [0.25, 0.3) is 0 Å². The van der Waals surface area contributed by atoms with E-state index < -0.39 is 5.41 Å². The minimum absolute atomic E-state index is 0.100. The number of carbonyl (C=O) groups is 1. The first-order valence-electron chi connectivity index (χ1n) is 6.05. The molecule has 0 aromatic carbocycles. The molecule has 8 nitrogen and oxygen atoms in total. The van der Waals surface area contributed by atoms with E-state index in [2.05, 4.69) is 20.6 Å². The summed E-state index contributed by atoms with van der Waals surface area (Å²) in [6.07, 6.45) is 0.849. The molecule has 0 aliphatic heterocycles. The average molecular weight is 269 g/mol. The largest absolute Gasteiger partial charge is 0.409 e. The Morgan fingerprint density at radius 3 is 2.58 bits per heavy atom. The minimum atomic E-state index is -1.02. The summed E-state index contributed by atoms with van der Waals surface area (Å²) in [7, 11) is 0. The van der Waals surface area contributed by atoms with E-state index >= 15 is 0 Å². The second kappa shape index (κ2) is 6.17. The number of aromatic nitrogens is 2. The van der Waals surface area contributed by atoms with Crippen LogP contribution in [0.2, 0.25) is 0 Å². The lowest BCUT2D eigenvalue weighted by molar-refractivity contribution is -0.128. The number of nitrogens with one attached hydrogen (secondary N) is 1. The molecule has 0 saturated heterocycles. The van der Waals surface area contributed by atoms with Crippen LogP contribution in [0.5, 0.6) is 0 Å². The van der Waals surface area contributed by atoms with E-state index in [0.29, 0.717) is 24.6 Å². The molecule has 1 aromatic rings. The van der Waals surface area contributed by atoms with Gasteiger partial charge in [0, 0.05) is 0 Å². The van der Waals surface area contributed by atoms with Gasteiger partial charge in [-0.05, 0) is 19.8 Å². The van der Waals surface area contributed by atoms with Crippen molar-refractivity contribution in [2.75, 3.05) is 0 Å². The Morgan fingerprint density at radius 1 is 1.53 bits per heavy atom. The Balaban J connectivity index is 2.78. The Labute approximate surface area is 111 Å². The number of amides is 1. The fraction of sp³-hybridized carbons (Fsp3) is 0.636. The van der Waals surface area contributed by atoms with E-state index in [1.54, 1.807) is 20.8 Å². The van der Waals surface area contributed by atoms with Crippen molar-refractivity contribution in [3.8, 4) is 0 Å². The number of aryl methyl sites for hydroxylation is 1. The monoisotopic (exact) mass is 269 g/mol. The topological polar surface area (TPSA) is 127 Å². The summed E-state index contributed by atoms with van der Waals surface area (Å²) in [5.41, 5.74) is 4.61. The molecule has 0 atom stereocenters. The standard InChI is InChI=1S/C11H19N5O3/c1-4-11(5-2,9(12)15-18)10(17)13-6-8-14-7(3)16-19-8/h18H,4-6H2,1-3H3,(H2,12,15)(H,13,17). The molecule has 1 heterocycles. The summed E-state index contributed by atoms with van der Waals surface area (Å²) >= 11 is 0. The zero-order valence-electron chi connectivity index (χ0n) is 11.3. The lowest BCUT2D eigenvalue weighted by Crippen LogP contribution is -2.49. The molecule has 0 saturated carbocycles. The third kappa shape index (κ3) is 3.01. The normalized spacial score (nSPS) is 12.5. The highest BCUT2D eigenvalue weighted by atomic mass is 16.5. The molecular weight excluding hydrogens is 250 g/mol. The van der Waals surface area contributed by atoms with Gasteiger partial charge in [-0.25, -0.2) is 0 Å². The van der Waals surface area contributed by atoms with E-state index in [9.17, 15) is 4.79 Å². The fourth-order valence-corrected chi connectivity index (χ4v) is 1.88. The van der Waals surface area contributed by atoms with Gasteiger partial charge in [0.1, 0.15) is 5.41 Å². The number of hydrogen-bond donors (Lipinski definition) is 3. The third-order valence-corrected chi connectivity index (χ3v) is 3.21. The van der Waals surface area contributed by atoms with E-state index in [0.717, 1.165) is 0 Å². The van der Waals surface area contributed by atoms with Gasteiger partial charge in [-0.3, -0.25) is 4.79 Å². The van der Waals surface area contributed by atoms with Crippen molar-refractivity contribution in [2.24, 2.45) is 16.3 Å². The van der Waals surface area contributed by atoms with Gasteiger partial charge in [0.15, 0.2) is 11.7 Å². The smallest absolute Gasteiger partial charge is 0.246 e. The van der Waals surface area contributed by atoms with Crippen LogP contribution in [-0.4, -0.2) is 27.1 Å². The molecule has 4 N–H and O–H groups in total. The number of amidine groups is 1. The van der Waals surface area contributed by atoms with Gasteiger partial charge in [0.05, 0.1) is 6.54 Å². The van der Waals surface area contributed by atoms with E-state index in [1.807, 2.05) is 0 Å². The lowest BCUT2D eigenvalue weighted by Gasteiger charge is -2.28. The van der Waals surface area contributed by atoms with Gasteiger partial charge in [-0.15, -0.1) is 0 Å². The van der Waals surface area contributed by atoms with Crippen molar-refractivity contribution in [3.63, 3.8) is 0 Å². The second-order valence-electron chi connectivity index (χ2n) is 4.19. The van der Waals surface area contributed by atoms with Gasteiger partial charge in [-0.1, -0.05) is 24.2 Å². The molecule has 0 bridgehead atoms. The molecule has 0 fully saturated rings. The van der Waals surface area contributed by atoms with Gasteiger partial charge in [0.25, 0.3) is 0 Å². The molecule has 106 valence electrons. The van der Waals surface area contributed by atoms with E-state index in [-0.39, 0.29) is 18.3 Å². The second-order valence-corrected chi connectivity index (χ2v) is 4.19. The Hall–Kier alpha value is -2.12. The summed E-state index contributed by atoms with van der Waals surface area (Å²) < 4.78 is 4.89. The third-order valence-electron chi connectivity index (χ3n) is 3.21. The number of oxime groups is 1. The summed E-state index contributed by atoms with van der Waals surface area (Å²) in [6.45, 7) is 5.41. The van der Waals surface area contributed by atoms with Crippen LogP contribution in [0.4, 0.5) is 0 Å². The van der Waals surface area contributed by atoms with Gasteiger partial charge >= 0.3 is 0 Å². The molecule has 0 radical (unpaired) electrons. The molecule has 0 aliphatic carbocycles. The molecule has 0 unspecified atom stereocenters. The lowest BCUT2D eigenvalue weighted by atomic mass is 9.80. The summed E-state index contributed by atoms with van der Waals surface area (Å²) in [5, 5.41) is 18.1. The molecule has 8 heteroatoms. The van der Waals surface area contributed by atoms with Crippen LogP contribution in [0.15, 0.2) is 9.68 Å². The van der Waals surface area contributed by atoms with Gasteiger partial charge in [0.2, 0.25) is 11.8 Å². The minimum Gasteiger partial charge on any atom is -0.409 e. The quantitative estimate of drug-likeness (QED) is 0.299. The Morgan fingerprint density at radius 2 is 2.16 bits per heavy atom. The number of nitrogens with two attached hydrogens (primary N) is 1. The van der Waals surface area contributed by atoms with E-state index in [1.165, 1.54) is 0 Å². The first kappa shape index (κ1) is 14.9. The maximum atomic E-state index is 12.2. The zero-order chi connectivity index (χ0) is 14.5. The number of nitrogens with zero attached hydrogens (tertiary/aromatic N) is 3. The van der Waals surface area contributed by atoms with Crippen molar-refractivity contribution in [1.29, 1.82) is 0 Å². The van der Waals surface area contributed by atoms with Gasteiger partial charge < -0.3 is 20.8 Å². The average Bonchev–Trinajstić information content (AvgIpc) is 2.83. The molecule has 1 rings (SSSR count). The van der Waals surface area contributed by atoms with Crippen molar-refractivity contribution < 1.29 is 14.5 Å². The van der Waals surface area contributed by atoms with Crippen LogP contribution in [0.3, 0.4) is 0 Å². The molecule has 1 aromatic heterocycles. The van der Waals surface area contributed by atoms with Crippen molar-refractivity contribution in [3.05, 3.63) is 11.7 Å². The van der Waals surface area contributed by atoms with Crippen molar-refractivity contribution in [2.45, 2.75) is 40.2 Å². The molecular formula is C11H19N5O3. The first-order chi connectivity index (χ1) is 9.00. The zero-order valence-corrected chi connectivity index (χ0v) is 11.3. The highest BCUT2D eigenvalue weighted by molar-refractivity contribution is 6.06. The van der Waals surface area contributed by atoms with Gasteiger partial charge in [-0.2, -0.15) is 4.98 Å². The number of carbonyl (C=O) groups excluding carboxylic acids is 1. The maximum Gasteiger partial charge on any atom is 0.246 e. The van der Waals surface area contributed by atoms with Crippen LogP contribution < -0.4 is 11.1 Å². The van der Waals surface area contributed by atoms with E-state index in [4.69, 9.17) is 15.5 Å². The molecule has 1 amide bonds. The maximum absolute atomic E-state index is 12.2. The Bertz CT molecular complexity index is 465. The number of hydrogen-bond acceptors (Lipinski definition) is 6. The first-order valence-corrected chi connectivity index (χ1v) is 6.05. The van der Waals surface area contributed by atoms with Crippen LogP contribution in [-0.2, 0) is 11.3 Å². The van der Waals surface area contributed by atoms with Crippen LogP contribution in [0.1, 0.15) is 38.4 Å². The molecule has 0 aliphatic rings. The summed E-state index contributed by atoms with van der Waals surface area (Å²) in [4.78, 5) is 16.2. The fourth-order valence-electron chi connectivity index (χ4n) is 1.88. The highest BCUT2D eigenvalue weighted by Gasteiger charge is 2.39. The Kier molecular flexibility index (Phi) is 4.85. The molecule has 0 spiro atoms. The van der Waals surface area contributed by atoms with Crippen molar-refractivity contribution >= 4 is 11.7 Å². The van der Waals surface area contributed by atoms with Crippen LogP contribution >= 0.6 is 0 Å².